The average molecular weight is 600 g/mol. The van der Waals surface area contributed by atoms with Gasteiger partial charge in [-0.2, -0.15) is 0 Å². The highest BCUT2D eigenvalue weighted by atomic mass is 35.5. The van der Waals surface area contributed by atoms with E-state index in [2.05, 4.69) is 15.8 Å². The molecule has 0 radical (unpaired) electrons. The van der Waals surface area contributed by atoms with Crippen molar-refractivity contribution >= 4 is 52.8 Å². The molecular formula is C27H36Cl2N4O7. The van der Waals surface area contributed by atoms with Crippen molar-refractivity contribution in [2.45, 2.75) is 76.5 Å². The second-order valence-electron chi connectivity index (χ2n) is 10.8. The van der Waals surface area contributed by atoms with Crippen LogP contribution < -0.4 is 15.5 Å². The SMILES string of the molecule is CC(C)(C)OC(=O)CCC(NC(=O)OC(C)(C)C)C(=O)NCCN(C(=O)C(Cl)Cl)c1cccc(-c2ccno2)c1. The molecule has 40 heavy (non-hydrogen) atoms. The number of alkyl carbamates (subject to hydrolysis) is 1. The minimum Gasteiger partial charge on any atom is -0.460 e. The van der Waals surface area contributed by atoms with Crippen LogP contribution >= 0.6 is 23.2 Å². The van der Waals surface area contributed by atoms with Gasteiger partial charge in [0.1, 0.15) is 17.2 Å². The van der Waals surface area contributed by atoms with Crippen LogP contribution in [0, 0.1) is 0 Å². The second-order valence-corrected chi connectivity index (χ2v) is 11.9. The number of benzene rings is 1. The number of hydrogen-bond donors (Lipinski definition) is 2. The fourth-order valence-electron chi connectivity index (χ4n) is 3.46. The van der Waals surface area contributed by atoms with Gasteiger partial charge in [0, 0.05) is 36.8 Å². The van der Waals surface area contributed by atoms with Gasteiger partial charge in [0.2, 0.25) is 5.91 Å². The van der Waals surface area contributed by atoms with Crippen molar-refractivity contribution in [3.05, 3.63) is 36.5 Å². The first kappa shape index (κ1) is 32.9. The van der Waals surface area contributed by atoms with E-state index in [0.29, 0.717) is 17.0 Å². The van der Waals surface area contributed by atoms with Crippen LogP contribution in [0.3, 0.4) is 0 Å². The highest BCUT2D eigenvalue weighted by Gasteiger charge is 2.27. The summed E-state index contributed by atoms with van der Waals surface area (Å²) in [4.78, 5) is 50.5. The van der Waals surface area contributed by atoms with Gasteiger partial charge in [-0.3, -0.25) is 14.4 Å². The van der Waals surface area contributed by atoms with Crippen molar-refractivity contribution in [1.29, 1.82) is 0 Å². The molecule has 0 aliphatic heterocycles. The van der Waals surface area contributed by atoms with Crippen LogP contribution in [0.1, 0.15) is 54.4 Å². The number of amides is 3. The lowest BCUT2D eigenvalue weighted by molar-refractivity contribution is -0.155. The second kappa shape index (κ2) is 14.4. The third-order valence-electron chi connectivity index (χ3n) is 5.03. The number of carbonyl (C=O) groups is 4. The van der Waals surface area contributed by atoms with Crippen LogP contribution in [0.25, 0.3) is 11.3 Å². The standard InChI is InChI=1S/C27H36Cl2N4O7/c1-26(2,3)38-21(34)11-10-19(32-25(37)39-27(4,5)6)23(35)30-14-15-33(24(36)22(28)29)18-9-7-8-17(16-18)20-12-13-31-40-20/h7-9,12-13,16,19,22H,10-11,14-15H2,1-6H3,(H,30,35)(H,32,37). The van der Waals surface area contributed by atoms with E-state index in [4.69, 9.17) is 37.2 Å². The first-order valence-electron chi connectivity index (χ1n) is 12.7. The summed E-state index contributed by atoms with van der Waals surface area (Å²) < 4.78 is 15.8. The Labute approximate surface area is 243 Å². The number of esters is 1. The van der Waals surface area contributed by atoms with Crippen LogP contribution in [0.15, 0.2) is 41.1 Å². The number of ether oxygens (including phenoxy) is 2. The Morgan fingerprint density at radius 2 is 1.70 bits per heavy atom. The van der Waals surface area contributed by atoms with Crippen molar-refractivity contribution in [3.8, 4) is 11.3 Å². The summed E-state index contributed by atoms with van der Waals surface area (Å²) in [6.07, 6.45) is 0.529. The summed E-state index contributed by atoms with van der Waals surface area (Å²) >= 11 is 11.8. The molecule has 0 spiro atoms. The van der Waals surface area contributed by atoms with Gasteiger partial charge in [-0.15, -0.1) is 0 Å². The molecule has 13 heteroatoms. The van der Waals surface area contributed by atoms with Gasteiger partial charge in [0.15, 0.2) is 10.6 Å². The average Bonchev–Trinajstić information content (AvgIpc) is 3.37. The zero-order valence-electron chi connectivity index (χ0n) is 23.5. The van der Waals surface area contributed by atoms with E-state index in [0.717, 1.165) is 0 Å². The molecule has 2 rings (SSSR count). The summed E-state index contributed by atoms with van der Waals surface area (Å²) in [5, 5.41) is 8.89. The lowest BCUT2D eigenvalue weighted by atomic mass is 10.1. The predicted molar refractivity (Wildman–Crippen MR) is 151 cm³/mol. The molecule has 1 atom stereocenters. The summed E-state index contributed by atoms with van der Waals surface area (Å²) in [5.74, 6) is -1.20. The number of hydrogen-bond acceptors (Lipinski definition) is 8. The van der Waals surface area contributed by atoms with E-state index in [1.54, 1.807) is 71.9 Å². The van der Waals surface area contributed by atoms with Crippen molar-refractivity contribution in [1.82, 2.24) is 15.8 Å². The Bertz CT molecular complexity index is 1160. The van der Waals surface area contributed by atoms with E-state index < -0.39 is 46.0 Å². The molecule has 0 aliphatic carbocycles. The van der Waals surface area contributed by atoms with Gasteiger partial charge in [0.25, 0.3) is 5.91 Å². The lowest BCUT2D eigenvalue weighted by Gasteiger charge is -2.26. The summed E-state index contributed by atoms with van der Waals surface area (Å²) in [7, 11) is 0. The molecule has 2 aromatic rings. The number of nitrogens with one attached hydrogen (secondary N) is 2. The minimum atomic E-state index is -1.35. The van der Waals surface area contributed by atoms with Crippen molar-refractivity contribution < 1.29 is 33.2 Å². The van der Waals surface area contributed by atoms with Crippen LogP contribution in [0.4, 0.5) is 10.5 Å². The Morgan fingerprint density at radius 1 is 1.02 bits per heavy atom. The van der Waals surface area contributed by atoms with Gasteiger partial charge in [-0.25, -0.2) is 4.79 Å². The fourth-order valence-corrected chi connectivity index (χ4v) is 3.70. The number of carbonyl (C=O) groups excluding carboxylic acids is 4. The molecular weight excluding hydrogens is 563 g/mol. The monoisotopic (exact) mass is 598 g/mol. The smallest absolute Gasteiger partial charge is 0.408 e. The van der Waals surface area contributed by atoms with E-state index in [1.165, 1.54) is 11.1 Å². The number of halogens is 2. The molecule has 1 unspecified atom stereocenters. The zero-order chi connectivity index (χ0) is 30.1. The number of nitrogens with zero attached hydrogens (tertiary/aromatic N) is 2. The van der Waals surface area contributed by atoms with Crippen molar-refractivity contribution in [3.63, 3.8) is 0 Å². The lowest BCUT2D eigenvalue weighted by Crippen LogP contribution is -2.50. The summed E-state index contributed by atoms with van der Waals surface area (Å²) in [5.41, 5.74) is -0.359. The molecule has 0 bridgehead atoms. The van der Waals surface area contributed by atoms with Crippen LogP contribution in [0.5, 0.6) is 0 Å². The maximum atomic E-state index is 13.1. The summed E-state index contributed by atoms with van der Waals surface area (Å²) in [6, 6.07) is 7.46. The Morgan fingerprint density at radius 3 is 2.27 bits per heavy atom. The van der Waals surface area contributed by atoms with Crippen LogP contribution in [0.2, 0.25) is 0 Å². The molecule has 1 aromatic heterocycles. The van der Waals surface area contributed by atoms with Gasteiger partial charge >= 0.3 is 12.1 Å². The highest BCUT2D eigenvalue weighted by molar-refractivity contribution is 6.54. The zero-order valence-corrected chi connectivity index (χ0v) is 25.0. The number of alkyl halides is 2. The maximum absolute atomic E-state index is 13.1. The van der Waals surface area contributed by atoms with Gasteiger partial charge in [-0.05, 0) is 60.1 Å². The molecule has 3 amide bonds. The number of aromatic nitrogens is 1. The quantitative estimate of drug-likeness (QED) is 0.282. The topological polar surface area (TPSA) is 140 Å². The molecule has 220 valence electrons. The molecule has 2 N–H and O–H groups in total. The fraction of sp³-hybridized carbons (Fsp3) is 0.519. The largest absolute Gasteiger partial charge is 0.460 e. The van der Waals surface area contributed by atoms with Gasteiger partial charge < -0.3 is 29.5 Å². The third-order valence-corrected chi connectivity index (χ3v) is 5.41. The van der Waals surface area contributed by atoms with E-state index in [-0.39, 0.29) is 25.9 Å². The Kier molecular flexibility index (Phi) is 11.8. The molecule has 1 heterocycles. The molecule has 0 fully saturated rings. The number of rotatable bonds is 11. The van der Waals surface area contributed by atoms with E-state index in [9.17, 15) is 19.2 Å². The predicted octanol–water partition coefficient (Wildman–Crippen LogP) is 4.61. The number of anilines is 1. The molecule has 0 saturated heterocycles. The van der Waals surface area contributed by atoms with E-state index in [1.807, 2.05) is 0 Å². The minimum absolute atomic E-state index is 0.00555. The molecule has 0 aliphatic rings. The molecule has 0 saturated carbocycles. The third kappa shape index (κ3) is 11.4. The molecule has 11 nitrogen and oxygen atoms in total. The van der Waals surface area contributed by atoms with Crippen molar-refractivity contribution in [2.24, 2.45) is 0 Å². The van der Waals surface area contributed by atoms with Crippen LogP contribution in [-0.2, 0) is 23.9 Å². The maximum Gasteiger partial charge on any atom is 0.408 e. The van der Waals surface area contributed by atoms with Gasteiger partial charge in [0.05, 0.1) is 6.20 Å². The highest BCUT2D eigenvalue weighted by Crippen LogP contribution is 2.25. The first-order chi connectivity index (χ1) is 18.6. The summed E-state index contributed by atoms with van der Waals surface area (Å²) in [6.45, 7) is 10.2. The Hall–Kier alpha value is -3.31. The Balaban J connectivity index is 2.13. The van der Waals surface area contributed by atoms with E-state index >= 15 is 0 Å². The first-order valence-corrected chi connectivity index (χ1v) is 13.5. The van der Waals surface area contributed by atoms with Crippen LogP contribution in [-0.4, -0.2) is 64.2 Å². The molecule has 1 aromatic carbocycles. The van der Waals surface area contributed by atoms with Gasteiger partial charge in [-0.1, -0.05) is 40.5 Å². The van der Waals surface area contributed by atoms with Crippen molar-refractivity contribution in [2.75, 3.05) is 18.0 Å². The normalized spacial score (nSPS) is 12.4.